The second-order valence-corrected chi connectivity index (χ2v) is 12.0. The molecule has 1 spiro atoms. The molecule has 6 rings (SSSR count). The highest BCUT2D eigenvalue weighted by Gasteiger charge is 2.57. The molecule has 41 heavy (non-hydrogen) atoms. The normalized spacial score (nSPS) is 25.1. The van der Waals surface area contributed by atoms with Crippen molar-refractivity contribution in [2.45, 2.75) is 95.3 Å². The van der Waals surface area contributed by atoms with Crippen LogP contribution in [0.1, 0.15) is 76.3 Å². The fourth-order valence-electron chi connectivity index (χ4n) is 7.40. The summed E-state index contributed by atoms with van der Waals surface area (Å²) < 4.78 is 20.0. The van der Waals surface area contributed by atoms with Gasteiger partial charge in [0.15, 0.2) is 0 Å². The number of carboxylic acids is 1. The highest BCUT2D eigenvalue weighted by Crippen LogP contribution is 2.48. The van der Waals surface area contributed by atoms with Crippen LogP contribution in [0.3, 0.4) is 0 Å². The van der Waals surface area contributed by atoms with Crippen LogP contribution >= 0.6 is 0 Å². The minimum Gasteiger partial charge on any atom is -0.550 e. The Kier molecular flexibility index (Phi) is 8.80. The van der Waals surface area contributed by atoms with E-state index in [1.54, 1.807) is 0 Å². The van der Waals surface area contributed by atoms with Crippen LogP contribution in [-0.2, 0) is 34.2 Å². The van der Waals surface area contributed by atoms with Gasteiger partial charge < -0.3 is 28.6 Å². The number of nitrogens with zero attached hydrogens (tertiary/aromatic N) is 1. The molecule has 0 radical (unpaired) electrons. The first-order valence-electron chi connectivity index (χ1n) is 15.0. The van der Waals surface area contributed by atoms with Crippen molar-refractivity contribution in [1.29, 1.82) is 0 Å². The van der Waals surface area contributed by atoms with E-state index in [2.05, 4.69) is 0 Å². The topological polar surface area (TPSA) is 102 Å². The lowest BCUT2D eigenvalue weighted by Gasteiger charge is -2.47. The van der Waals surface area contributed by atoms with Gasteiger partial charge >= 0.3 is 11.9 Å². The number of aliphatic carboxylic acids is 1. The summed E-state index contributed by atoms with van der Waals surface area (Å²) in [5, 5.41) is 8.89. The minimum absolute atomic E-state index is 0.0774. The molecule has 1 saturated carbocycles. The van der Waals surface area contributed by atoms with Crippen molar-refractivity contribution >= 4 is 17.9 Å². The van der Waals surface area contributed by atoms with Gasteiger partial charge in [0.1, 0.15) is 6.10 Å². The van der Waals surface area contributed by atoms with Crippen molar-refractivity contribution in [1.82, 2.24) is 0 Å². The first-order valence-corrected chi connectivity index (χ1v) is 15.0. The summed E-state index contributed by atoms with van der Waals surface area (Å²) in [6.45, 7) is 4.92. The maximum Gasteiger partial charge on any atom is 0.348 e. The summed E-state index contributed by atoms with van der Waals surface area (Å²) in [5.74, 6) is -1.83. The number of carbonyl (C=O) groups excluding carboxylic acids is 3. The lowest BCUT2D eigenvalue weighted by molar-refractivity contribution is -0.956. The van der Waals surface area contributed by atoms with Crippen molar-refractivity contribution in [3.05, 3.63) is 71.8 Å². The largest absolute Gasteiger partial charge is 0.550 e. The predicted octanol–water partition coefficient (Wildman–Crippen LogP) is 3.85. The standard InChI is InChI=1S/C31H38NO5.C2H4O2/c1-22(33)35-29(23-14-15-23)37-31(24-10-4-2-5-11-24,25-12-6-3-7-13-25)30(34)36-28-20-26-16-17-27(21-28)32(26)18-8-9-19-32;1-2(3)4/h2-7,10-13,23,26-29H,8-9,14-21H2,1H3;1H3,(H,3,4)/q+1;/p-1. The van der Waals surface area contributed by atoms with Gasteiger partial charge in [-0.25, -0.2) is 4.79 Å². The van der Waals surface area contributed by atoms with Gasteiger partial charge in [0.2, 0.25) is 11.9 Å². The quantitative estimate of drug-likeness (QED) is 0.273. The van der Waals surface area contributed by atoms with E-state index in [1.165, 1.54) is 50.2 Å². The monoisotopic (exact) mass is 563 g/mol. The Morgan fingerprint density at radius 2 is 1.32 bits per heavy atom. The fraction of sp³-hybridized carbons (Fsp3) is 0.545. The molecular formula is C33H41NO7. The molecule has 2 bridgehead atoms. The fourth-order valence-corrected chi connectivity index (χ4v) is 7.40. The number of piperidine rings is 1. The number of hydrogen-bond donors (Lipinski definition) is 0. The average molecular weight is 564 g/mol. The van der Waals surface area contributed by atoms with Gasteiger partial charge in [-0.15, -0.1) is 0 Å². The van der Waals surface area contributed by atoms with Crippen molar-refractivity contribution in [3.63, 3.8) is 0 Å². The van der Waals surface area contributed by atoms with Crippen LogP contribution in [0.5, 0.6) is 0 Å². The first-order chi connectivity index (χ1) is 19.7. The number of carboxylic acid groups (broad SMARTS) is 1. The molecule has 3 saturated heterocycles. The second kappa shape index (κ2) is 12.3. The number of carbonyl (C=O) groups is 3. The van der Waals surface area contributed by atoms with E-state index in [4.69, 9.17) is 24.1 Å². The molecule has 8 nitrogen and oxygen atoms in total. The van der Waals surface area contributed by atoms with E-state index in [0.717, 1.165) is 32.6 Å². The Labute approximate surface area is 242 Å². The number of esters is 2. The number of hydrogen-bond acceptors (Lipinski definition) is 7. The maximum atomic E-state index is 14.5. The summed E-state index contributed by atoms with van der Waals surface area (Å²) in [6.07, 6.45) is 7.78. The zero-order valence-electron chi connectivity index (χ0n) is 24.0. The van der Waals surface area contributed by atoms with Crippen LogP contribution in [0.4, 0.5) is 0 Å². The van der Waals surface area contributed by atoms with Gasteiger partial charge in [0.25, 0.3) is 0 Å². The van der Waals surface area contributed by atoms with Crippen molar-refractivity contribution in [2.24, 2.45) is 5.92 Å². The average Bonchev–Trinajstić information content (AvgIpc) is 3.66. The lowest BCUT2D eigenvalue weighted by atomic mass is 9.85. The van der Waals surface area contributed by atoms with Crippen molar-refractivity contribution in [2.75, 3.05) is 13.1 Å². The third-order valence-electron chi connectivity index (χ3n) is 9.26. The van der Waals surface area contributed by atoms with Gasteiger partial charge in [-0.1, -0.05) is 60.7 Å². The number of benzene rings is 2. The smallest absolute Gasteiger partial charge is 0.348 e. The Morgan fingerprint density at radius 3 is 1.76 bits per heavy atom. The van der Waals surface area contributed by atoms with E-state index in [9.17, 15) is 9.59 Å². The Hall–Kier alpha value is -3.23. The van der Waals surface area contributed by atoms with E-state index < -0.39 is 29.8 Å². The summed E-state index contributed by atoms with van der Waals surface area (Å²) in [7, 11) is 0. The van der Waals surface area contributed by atoms with Crippen molar-refractivity contribution in [3.8, 4) is 0 Å². The van der Waals surface area contributed by atoms with Crippen LogP contribution in [0.15, 0.2) is 60.7 Å². The molecule has 0 N–H and O–H groups in total. The summed E-state index contributed by atoms with van der Waals surface area (Å²) in [6, 6.07) is 20.3. The molecule has 220 valence electrons. The molecule has 0 amide bonds. The van der Waals surface area contributed by atoms with Crippen LogP contribution in [-0.4, -0.2) is 60.0 Å². The summed E-state index contributed by atoms with van der Waals surface area (Å²) in [5.41, 5.74) is -0.154. The van der Waals surface area contributed by atoms with E-state index in [0.29, 0.717) is 23.2 Å². The van der Waals surface area contributed by atoms with Gasteiger partial charge in [-0.05, 0) is 30.9 Å². The number of rotatable bonds is 8. The second-order valence-electron chi connectivity index (χ2n) is 12.0. The molecule has 2 aromatic rings. The number of quaternary nitrogens is 1. The highest BCUT2D eigenvalue weighted by molar-refractivity contribution is 5.86. The molecular weight excluding hydrogens is 522 g/mol. The Morgan fingerprint density at radius 1 is 0.829 bits per heavy atom. The maximum absolute atomic E-state index is 14.5. The third-order valence-corrected chi connectivity index (χ3v) is 9.26. The van der Waals surface area contributed by atoms with Gasteiger partial charge in [0.05, 0.1) is 25.2 Å². The van der Waals surface area contributed by atoms with E-state index in [1.807, 2.05) is 60.7 Å². The molecule has 0 aromatic heterocycles. The van der Waals surface area contributed by atoms with Gasteiger partial charge in [0, 0.05) is 57.3 Å². The van der Waals surface area contributed by atoms with Crippen molar-refractivity contribution < 1.29 is 38.2 Å². The van der Waals surface area contributed by atoms with Gasteiger partial charge in [-0.2, -0.15) is 0 Å². The van der Waals surface area contributed by atoms with E-state index >= 15 is 0 Å². The summed E-state index contributed by atoms with van der Waals surface area (Å²) >= 11 is 0. The molecule has 8 heteroatoms. The SMILES string of the molecule is CC(=O)OC(OC(C(=O)OC1CC2CCC(C1)[N+]21CCCC1)(c1ccccc1)c1ccccc1)C1CC1.CC(=O)[O-]. The zero-order valence-corrected chi connectivity index (χ0v) is 24.0. The molecule has 4 fully saturated rings. The van der Waals surface area contributed by atoms with Crippen LogP contribution in [0, 0.1) is 5.92 Å². The van der Waals surface area contributed by atoms with E-state index in [-0.39, 0.29) is 12.0 Å². The minimum atomic E-state index is -1.53. The molecule has 1 aliphatic carbocycles. The molecule has 3 atom stereocenters. The molecule has 3 aliphatic heterocycles. The Balaban J connectivity index is 0.000000794. The first kappa shape index (κ1) is 29.3. The molecule has 3 heterocycles. The van der Waals surface area contributed by atoms with Crippen LogP contribution in [0.2, 0.25) is 0 Å². The number of ether oxygens (including phenoxy) is 3. The Bertz CT molecular complexity index is 1150. The van der Waals surface area contributed by atoms with Crippen LogP contribution < -0.4 is 5.11 Å². The van der Waals surface area contributed by atoms with Gasteiger partial charge in [-0.3, -0.25) is 4.79 Å². The predicted molar refractivity (Wildman–Crippen MR) is 149 cm³/mol. The molecule has 2 aromatic carbocycles. The molecule has 4 aliphatic rings. The third kappa shape index (κ3) is 6.19. The lowest BCUT2D eigenvalue weighted by Crippen LogP contribution is -2.60. The zero-order chi connectivity index (χ0) is 29.0. The van der Waals surface area contributed by atoms with Crippen LogP contribution in [0.25, 0.3) is 0 Å². The summed E-state index contributed by atoms with van der Waals surface area (Å²) in [4.78, 5) is 35.4. The molecule has 3 unspecified atom stereocenters. The highest BCUT2D eigenvalue weighted by atomic mass is 16.7.